The van der Waals surface area contributed by atoms with Gasteiger partial charge in [-0.3, -0.25) is 14.3 Å². The van der Waals surface area contributed by atoms with Crippen LogP contribution in [0.25, 0.3) is 0 Å². The number of benzene rings is 1. The van der Waals surface area contributed by atoms with Crippen LogP contribution in [-0.2, 0) is 24.3 Å². The first-order chi connectivity index (χ1) is 11.0. The molecule has 2 aromatic rings. The normalized spacial score (nSPS) is 14.8. The zero-order valence-electron chi connectivity index (χ0n) is 12.0. The summed E-state index contributed by atoms with van der Waals surface area (Å²) in [5.74, 6) is -0.596. The Labute approximate surface area is 145 Å². The first-order valence-electron chi connectivity index (χ1n) is 7.01. The van der Waals surface area contributed by atoms with E-state index in [1.807, 2.05) is 0 Å². The van der Waals surface area contributed by atoms with Crippen LogP contribution in [0.4, 0.5) is 10.1 Å². The van der Waals surface area contributed by atoms with E-state index in [1.54, 1.807) is 9.36 Å². The van der Waals surface area contributed by atoms with Crippen molar-refractivity contribution in [1.82, 2.24) is 9.36 Å². The van der Waals surface area contributed by atoms with Crippen LogP contribution >= 0.6 is 35.6 Å². The number of nitrogens with zero attached hydrogens (tertiary/aromatic N) is 3. The summed E-state index contributed by atoms with van der Waals surface area (Å²) in [6.45, 7) is 1.32. The number of fused-ring (bicyclic) bond motifs is 1. The van der Waals surface area contributed by atoms with E-state index in [0.29, 0.717) is 23.5 Å². The highest BCUT2D eigenvalue weighted by atomic mass is 35.5. The van der Waals surface area contributed by atoms with Gasteiger partial charge in [0.1, 0.15) is 11.5 Å². The molecule has 0 saturated carbocycles. The van der Waals surface area contributed by atoms with Crippen molar-refractivity contribution in [3.05, 3.63) is 43.0 Å². The summed E-state index contributed by atoms with van der Waals surface area (Å²) in [4.78, 5) is 27.7. The molecule has 1 aliphatic rings. The van der Waals surface area contributed by atoms with Gasteiger partial charge in [0.05, 0.1) is 0 Å². The molecule has 0 radical (unpaired) electrons. The first kappa shape index (κ1) is 16.5. The fraction of sp³-hybridized carbons (Fsp3) is 0.357. The van der Waals surface area contributed by atoms with Crippen molar-refractivity contribution in [2.24, 2.45) is 4.99 Å². The standard InChI is InChI=1S/C14H13ClFN3O2S2/c15-9-7-10(16)11(5-8(9)6-12(20)22)17-13-18-3-1-2-4-19(18)14(21)23-13/h5,7H,1-4,6H2,(H,20,22)/b17-13-. The van der Waals surface area contributed by atoms with E-state index in [9.17, 15) is 14.0 Å². The Morgan fingerprint density at radius 1 is 1.35 bits per heavy atom. The zero-order chi connectivity index (χ0) is 16.6. The van der Waals surface area contributed by atoms with Crippen molar-refractivity contribution in [1.29, 1.82) is 0 Å². The molecule has 1 aromatic heterocycles. The van der Waals surface area contributed by atoms with Crippen LogP contribution in [0.2, 0.25) is 5.02 Å². The monoisotopic (exact) mass is 373 g/mol. The Kier molecular flexibility index (Phi) is 4.74. The third-order valence-electron chi connectivity index (χ3n) is 3.57. The van der Waals surface area contributed by atoms with E-state index in [1.165, 1.54) is 6.07 Å². The Balaban J connectivity index is 2.13. The van der Waals surface area contributed by atoms with E-state index < -0.39 is 5.82 Å². The van der Waals surface area contributed by atoms with Gasteiger partial charge in [-0.1, -0.05) is 11.6 Å². The summed E-state index contributed by atoms with van der Waals surface area (Å²) in [5, 5.41) is -0.215. The molecule has 0 bridgehead atoms. The van der Waals surface area contributed by atoms with E-state index in [-0.39, 0.29) is 27.1 Å². The van der Waals surface area contributed by atoms with E-state index >= 15 is 0 Å². The lowest BCUT2D eigenvalue weighted by Crippen LogP contribution is -2.31. The summed E-state index contributed by atoms with van der Waals surface area (Å²) in [6.07, 6.45) is 1.88. The molecule has 0 spiro atoms. The average Bonchev–Trinajstić information content (AvgIpc) is 2.81. The van der Waals surface area contributed by atoms with Crippen molar-refractivity contribution in [2.75, 3.05) is 0 Å². The number of halogens is 2. The number of aromatic nitrogens is 2. The minimum atomic E-state index is -0.596. The molecule has 23 heavy (non-hydrogen) atoms. The largest absolute Gasteiger partial charge is 0.325 e. The third-order valence-corrected chi connectivity index (χ3v) is 4.94. The number of carbonyl (C=O) groups excluding carboxylic acids is 1. The smallest absolute Gasteiger partial charge is 0.287 e. The Morgan fingerprint density at radius 3 is 2.74 bits per heavy atom. The van der Waals surface area contributed by atoms with Crippen LogP contribution in [0.1, 0.15) is 18.4 Å². The molecule has 3 rings (SSSR count). The predicted molar refractivity (Wildman–Crippen MR) is 90.1 cm³/mol. The van der Waals surface area contributed by atoms with Crippen molar-refractivity contribution < 1.29 is 9.18 Å². The zero-order valence-corrected chi connectivity index (χ0v) is 14.4. The van der Waals surface area contributed by atoms with Crippen molar-refractivity contribution in [2.45, 2.75) is 32.4 Å². The number of thiol groups is 1. The second-order valence-corrected chi connectivity index (χ2v) is 7.01. The highest BCUT2D eigenvalue weighted by molar-refractivity contribution is 7.96. The topological polar surface area (TPSA) is 56.4 Å². The summed E-state index contributed by atoms with van der Waals surface area (Å²) in [6, 6.07) is 2.55. The molecule has 5 nitrogen and oxygen atoms in total. The Hall–Kier alpha value is -1.38. The predicted octanol–water partition coefficient (Wildman–Crippen LogP) is 2.53. The van der Waals surface area contributed by atoms with Crippen LogP contribution in [0.3, 0.4) is 0 Å². The molecule has 0 fully saturated rings. The second kappa shape index (κ2) is 6.62. The van der Waals surface area contributed by atoms with Crippen molar-refractivity contribution in [3.8, 4) is 0 Å². The van der Waals surface area contributed by atoms with Crippen LogP contribution < -0.4 is 9.67 Å². The molecule has 0 N–H and O–H groups in total. The van der Waals surface area contributed by atoms with Crippen LogP contribution in [0.15, 0.2) is 21.9 Å². The maximum atomic E-state index is 14.1. The number of rotatable bonds is 3. The molecular weight excluding hydrogens is 361 g/mol. The molecule has 0 unspecified atom stereocenters. The van der Waals surface area contributed by atoms with Gasteiger partial charge in [0.2, 0.25) is 4.80 Å². The maximum Gasteiger partial charge on any atom is 0.325 e. The third kappa shape index (κ3) is 3.44. The van der Waals surface area contributed by atoms with E-state index in [2.05, 4.69) is 17.6 Å². The highest BCUT2D eigenvalue weighted by Crippen LogP contribution is 2.27. The molecule has 0 aliphatic carbocycles. The van der Waals surface area contributed by atoms with Gasteiger partial charge in [-0.2, -0.15) is 0 Å². The molecule has 1 aromatic carbocycles. The molecule has 0 atom stereocenters. The van der Waals surface area contributed by atoms with Gasteiger partial charge in [0.25, 0.3) is 0 Å². The average molecular weight is 374 g/mol. The lowest BCUT2D eigenvalue weighted by molar-refractivity contribution is -0.110. The second-order valence-electron chi connectivity index (χ2n) is 5.18. The molecular formula is C14H13ClFN3O2S2. The number of hydrogen-bond donors (Lipinski definition) is 1. The summed E-state index contributed by atoms with van der Waals surface area (Å²) < 4.78 is 17.5. The van der Waals surface area contributed by atoms with E-state index in [4.69, 9.17) is 11.6 Å². The quantitative estimate of drug-likeness (QED) is 0.840. The molecule has 1 aliphatic heterocycles. The van der Waals surface area contributed by atoms with Crippen LogP contribution in [0.5, 0.6) is 0 Å². The Morgan fingerprint density at radius 2 is 2.04 bits per heavy atom. The molecule has 2 heterocycles. The fourth-order valence-electron chi connectivity index (χ4n) is 2.49. The molecule has 9 heteroatoms. The number of hydrogen-bond acceptors (Lipinski definition) is 4. The number of carbonyl (C=O) groups is 1. The van der Waals surface area contributed by atoms with Crippen molar-refractivity contribution in [3.63, 3.8) is 0 Å². The summed E-state index contributed by atoms with van der Waals surface area (Å²) in [5.41, 5.74) is 0.513. The van der Waals surface area contributed by atoms with Gasteiger partial charge in [0.15, 0.2) is 5.12 Å². The van der Waals surface area contributed by atoms with Crippen molar-refractivity contribution >= 4 is 46.4 Å². The van der Waals surface area contributed by atoms with Gasteiger partial charge in [-0.15, -0.1) is 12.6 Å². The molecule has 0 saturated heterocycles. The lowest BCUT2D eigenvalue weighted by atomic mass is 10.1. The van der Waals surface area contributed by atoms with Gasteiger partial charge in [-0.25, -0.2) is 14.1 Å². The minimum absolute atomic E-state index is 0.0119. The first-order valence-corrected chi connectivity index (χ1v) is 8.65. The van der Waals surface area contributed by atoms with Gasteiger partial charge in [0, 0.05) is 24.5 Å². The molecule has 0 amide bonds. The van der Waals surface area contributed by atoms with E-state index in [0.717, 1.165) is 30.2 Å². The summed E-state index contributed by atoms with van der Waals surface area (Å²) in [7, 11) is 0. The van der Waals surface area contributed by atoms with Crippen LogP contribution in [-0.4, -0.2) is 14.5 Å². The fourth-order valence-corrected chi connectivity index (χ4v) is 3.76. The maximum absolute atomic E-state index is 14.1. The summed E-state index contributed by atoms with van der Waals surface area (Å²) >= 11 is 10.6. The molecule has 122 valence electrons. The van der Waals surface area contributed by atoms with Crippen LogP contribution in [0, 0.1) is 5.82 Å². The lowest BCUT2D eigenvalue weighted by Gasteiger charge is -2.15. The van der Waals surface area contributed by atoms with Gasteiger partial charge in [-0.05, 0) is 41.9 Å². The van der Waals surface area contributed by atoms with Gasteiger partial charge >= 0.3 is 4.87 Å². The minimum Gasteiger partial charge on any atom is -0.287 e. The SMILES string of the molecule is O=C(S)Cc1cc(/N=c2\sc(=O)n3n2CCCC3)c(F)cc1Cl. The van der Waals surface area contributed by atoms with Gasteiger partial charge < -0.3 is 0 Å². The highest BCUT2D eigenvalue weighted by Gasteiger charge is 2.14. The Bertz CT molecular complexity index is 900.